The van der Waals surface area contributed by atoms with E-state index in [1.807, 2.05) is 70.9 Å². The van der Waals surface area contributed by atoms with Gasteiger partial charge in [-0.05, 0) is 34.6 Å². The number of nitrogens with zero attached hydrogens (tertiary/aromatic N) is 2. The average molecular weight is 450 g/mol. The van der Waals surface area contributed by atoms with E-state index in [2.05, 4.69) is 18.5 Å². The Bertz CT molecular complexity index is 421. The van der Waals surface area contributed by atoms with Gasteiger partial charge in [0.2, 0.25) is 0 Å². The van der Waals surface area contributed by atoms with Crippen LogP contribution in [0, 0.1) is 11.8 Å². The van der Waals surface area contributed by atoms with E-state index in [-0.39, 0.29) is 36.7 Å². The van der Waals surface area contributed by atoms with Gasteiger partial charge in [-0.15, -0.1) is 13.2 Å². The van der Waals surface area contributed by atoms with Crippen LogP contribution in [-0.4, -0.2) is 89.3 Å². The molecular formula is C24H48LiN3O4. The van der Waals surface area contributed by atoms with E-state index in [0.29, 0.717) is 13.2 Å². The molecule has 0 saturated heterocycles. The zero-order valence-electron chi connectivity index (χ0n) is 22.3. The molecule has 0 bridgehead atoms. The number of hydrogen-bond acceptors (Lipinski definition) is 7. The van der Waals surface area contributed by atoms with E-state index in [9.17, 15) is 9.59 Å². The van der Waals surface area contributed by atoms with E-state index in [0.717, 1.165) is 44.9 Å². The third-order valence-electron chi connectivity index (χ3n) is 4.03. The molecular weight excluding hydrogens is 401 g/mol. The molecule has 0 aromatic heterocycles. The van der Waals surface area contributed by atoms with Crippen molar-refractivity contribution in [3.63, 3.8) is 0 Å². The van der Waals surface area contributed by atoms with Gasteiger partial charge < -0.3 is 24.6 Å². The van der Waals surface area contributed by atoms with Gasteiger partial charge in [0.15, 0.2) is 5.97 Å². The molecule has 1 atom stereocenters. The van der Waals surface area contributed by atoms with Crippen molar-refractivity contribution < 1.29 is 37.9 Å². The summed E-state index contributed by atoms with van der Waals surface area (Å²) < 4.78 is 10.0. The van der Waals surface area contributed by atoms with Crippen LogP contribution in [0.5, 0.6) is 0 Å². The predicted molar refractivity (Wildman–Crippen MR) is 131 cm³/mol. The Balaban J connectivity index is -0.000000188. The van der Waals surface area contributed by atoms with Crippen LogP contribution in [0.3, 0.4) is 0 Å². The van der Waals surface area contributed by atoms with Crippen LogP contribution in [0.15, 0.2) is 25.3 Å². The summed E-state index contributed by atoms with van der Waals surface area (Å²) in [5, 5.41) is 3.05. The summed E-state index contributed by atoms with van der Waals surface area (Å²) in [4.78, 5) is 26.2. The Morgan fingerprint density at radius 2 is 1.41 bits per heavy atom. The van der Waals surface area contributed by atoms with Crippen molar-refractivity contribution in [2.24, 2.45) is 5.92 Å². The molecule has 0 heterocycles. The van der Waals surface area contributed by atoms with Gasteiger partial charge in [-0.25, -0.2) is 0 Å². The Morgan fingerprint density at radius 3 is 1.75 bits per heavy atom. The van der Waals surface area contributed by atoms with Crippen molar-refractivity contribution in [3.8, 4) is 0 Å². The zero-order valence-corrected chi connectivity index (χ0v) is 22.3. The smallest absolute Gasteiger partial charge is 0.487 e. The Morgan fingerprint density at radius 1 is 0.969 bits per heavy atom. The molecule has 0 saturated carbocycles. The van der Waals surface area contributed by atoms with Crippen molar-refractivity contribution in [2.45, 2.75) is 40.5 Å². The Kier molecular flexibility index (Phi) is 33.1. The molecule has 0 rings (SSSR count). The Hall–Kier alpha value is -1.23. The van der Waals surface area contributed by atoms with Crippen molar-refractivity contribution in [3.05, 3.63) is 31.2 Å². The summed E-state index contributed by atoms with van der Waals surface area (Å²) >= 11 is 0. The molecule has 0 fully saturated rings. The molecule has 0 aliphatic heterocycles. The van der Waals surface area contributed by atoms with Crippen LogP contribution in [-0.2, 0) is 19.1 Å². The summed E-state index contributed by atoms with van der Waals surface area (Å²) in [5.41, 5.74) is 0. The van der Waals surface area contributed by atoms with Crippen molar-refractivity contribution in [1.29, 1.82) is 0 Å². The minimum absolute atomic E-state index is 0. The van der Waals surface area contributed by atoms with Crippen LogP contribution >= 0.6 is 0 Å². The molecule has 1 unspecified atom stereocenters. The fraction of sp³-hybridized carbons (Fsp3) is 0.708. The van der Waals surface area contributed by atoms with Crippen molar-refractivity contribution >= 4 is 11.9 Å². The second-order valence-corrected chi connectivity index (χ2v) is 7.59. The molecule has 0 aliphatic carbocycles. The maximum Gasteiger partial charge on any atom is 1.00 e. The second-order valence-electron chi connectivity index (χ2n) is 7.59. The van der Waals surface area contributed by atoms with Gasteiger partial charge in [-0.1, -0.05) is 32.9 Å². The number of ether oxygens (including phenoxy) is 2. The first-order chi connectivity index (χ1) is 14.6. The Labute approximate surface area is 210 Å². The summed E-state index contributed by atoms with van der Waals surface area (Å²) in [7, 11) is 7.81. The number of esters is 2. The number of nitrogens with one attached hydrogen (secondary N) is 1. The van der Waals surface area contributed by atoms with Gasteiger partial charge in [0.1, 0.15) is 13.2 Å². The SMILES string of the molecule is C=CCNCC=C.CCC(C)C(=O)OCCN(C)C.CC[C-](C)C(=O)OCCN(C)C.[Li+]. The van der Waals surface area contributed by atoms with Crippen LogP contribution < -0.4 is 24.2 Å². The zero-order chi connectivity index (χ0) is 24.7. The number of likely N-dealkylation sites (N-methyl/N-ethyl adjacent to an activating group) is 2. The van der Waals surface area contributed by atoms with Gasteiger partial charge >= 0.3 is 24.8 Å². The quantitative estimate of drug-likeness (QED) is 0.133. The first-order valence-corrected chi connectivity index (χ1v) is 10.9. The predicted octanol–water partition coefficient (Wildman–Crippen LogP) is 0.185. The molecule has 0 amide bonds. The summed E-state index contributed by atoms with van der Waals surface area (Å²) in [6, 6.07) is 0. The monoisotopic (exact) mass is 449 g/mol. The third kappa shape index (κ3) is 31.0. The standard InChI is InChI=1S/C9H19NO2.C9H18NO2.C6H11N.Li/c2*1-5-8(2)9(11)12-7-6-10(3)4;1-3-5-7-6-4-2;/h8H,5-7H2,1-4H3;5-7H2,1-4H3;3-4,7H,1-2,5-6H2;/q;-1;;+1. The molecule has 8 heteroatoms. The first-order valence-electron chi connectivity index (χ1n) is 10.9. The summed E-state index contributed by atoms with van der Waals surface area (Å²) in [5.74, 6) is 0.569. The molecule has 7 nitrogen and oxygen atoms in total. The summed E-state index contributed by atoms with van der Waals surface area (Å²) in [6.07, 6.45) is 5.26. The van der Waals surface area contributed by atoms with E-state index in [4.69, 9.17) is 9.47 Å². The minimum atomic E-state index is -0.167. The normalized spacial score (nSPS) is 10.4. The van der Waals surface area contributed by atoms with Gasteiger partial charge in [0.25, 0.3) is 0 Å². The molecule has 184 valence electrons. The van der Waals surface area contributed by atoms with Gasteiger partial charge in [0, 0.05) is 26.2 Å². The van der Waals surface area contributed by atoms with Crippen LogP contribution in [0.1, 0.15) is 40.5 Å². The molecule has 32 heavy (non-hydrogen) atoms. The maximum atomic E-state index is 11.1. The van der Waals surface area contributed by atoms with E-state index >= 15 is 0 Å². The van der Waals surface area contributed by atoms with Crippen LogP contribution in [0.2, 0.25) is 0 Å². The fourth-order valence-electron chi connectivity index (χ4n) is 1.51. The molecule has 1 N–H and O–H groups in total. The second kappa shape index (κ2) is 27.8. The number of carbonyl (C=O) groups excluding carboxylic acids is 2. The van der Waals surface area contributed by atoms with Crippen LogP contribution in [0.4, 0.5) is 0 Å². The average Bonchev–Trinajstić information content (AvgIpc) is 2.73. The molecule has 0 aromatic rings. The minimum Gasteiger partial charge on any atom is -0.487 e. The largest absolute Gasteiger partial charge is 1.00 e. The molecule has 0 radical (unpaired) electrons. The fourth-order valence-corrected chi connectivity index (χ4v) is 1.51. The van der Waals surface area contributed by atoms with Crippen molar-refractivity contribution in [2.75, 3.05) is 67.6 Å². The maximum absolute atomic E-state index is 11.1. The number of hydrogen-bond donors (Lipinski definition) is 1. The third-order valence-corrected chi connectivity index (χ3v) is 4.03. The number of rotatable bonds is 14. The number of carbonyl (C=O) groups is 2. The first kappa shape index (κ1) is 38.1. The van der Waals surface area contributed by atoms with Crippen molar-refractivity contribution in [1.82, 2.24) is 15.1 Å². The van der Waals surface area contributed by atoms with E-state index < -0.39 is 0 Å². The summed E-state index contributed by atoms with van der Waals surface area (Å²) in [6.45, 7) is 19.0. The molecule has 0 aliphatic rings. The van der Waals surface area contributed by atoms with Gasteiger partial charge in [0.05, 0.1) is 5.92 Å². The van der Waals surface area contributed by atoms with E-state index in [1.54, 1.807) is 6.92 Å². The van der Waals surface area contributed by atoms with E-state index in [1.165, 1.54) is 0 Å². The van der Waals surface area contributed by atoms with Gasteiger partial charge in [-0.3, -0.25) is 15.5 Å². The molecule has 0 aromatic carbocycles. The molecule has 0 spiro atoms. The topological polar surface area (TPSA) is 71.1 Å². The van der Waals surface area contributed by atoms with Crippen LogP contribution in [0.25, 0.3) is 0 Å². The van der Waals surface area contributed by atoms with Gasteiger partial charge in [-0.2, -0.15) is 13.3 Å².